The molecule has 1 amide bonds. The summed E-state index contributed by atoms with van der Waals surface area (Å²) in [7, 11) is 1.70. The number of rotatable bonds is 1. The highest BCUT2D eigenvalue weighted by Gasteiger charge is 2.20. The largest absolute Gasteiger partial charge is 0.443 e. The van der Waals surface area contributed by atoms with Crippen molar-refractivity contribution in [1.82, 2.24) is 4.98 Å². The van der Waals surface area contributed by atoms with E-state index in [1.807, 2.05) is 45.9 Å². The number of carbonyl (C=O) groups excluding carboxylic acids is 1. The van der Waals surface area contributed by atoms with Gasteiger partial charge in [-0.25, -0.2) is 9.78 Å². The third kappa shape index (κ3) is 3.23. The summed E-state index contributed by atoms with van der Waals surface area (Å²) < 4.78 is 6.46. The summed E-state index contributed by atoms with van der Waals surface area (Å²) in [6, 6.07) is 5.79. The van der Waals surface area contributed by atoms with E-state index in [1.54, 1.807) is 18.4 Å². The number of hydrogen-bond donors (Lipinski definition) is 0. The maximum atomic E-state index is 12.0. The Morgan fingerprint density at radius 3 is 2.68 bits per heavy atom. The van der Waals surface area contributed by atoms with Gasteiger partial charge in [-0.15, -0.1) is 11.3 Å². The summed E-state index contributed by atoms with van der Waals surface area (Å²) in [5, 5.41) is 1.02. The van der Waals surface area contributed by atoms with Crippen LogP contribution in [0.3, 0.4) is 0 Å². The van der Waals surface area contributed by atoms with Crippen molar-refractivity contribution in [3.8, 4) is 0 Å². The van der Waals surface area contributed by atoms with E-state index in [2.05, 4.69) is 4.98 Å². The van der Waals surface area contributed by atoms with Gasteiger partial charge in [-0.05, 0) is 45.9 Å². The minimum absolute atomic E-state index is 0.362. The quantitative estimate of drug-likeness (QED) is 0.792. The van der Waals surface area contributed by atoms with Crippen LogP contribution in [0.25, 0.3) is 10.2 Å². The topological polar surface area (TPSA) is 42.4 Å². The van der Waals surface area contributed by atoms with Gasteiger partial charge >= 0.3 is 6.09 Å². The second kappa shape index (κ2) is 4.81. The van der Waals surface area contributed by atoms with Crippen molar-refractivity contribution >= 4 is 33.3 Å². The van der Waals surface area contributed by atoms with Gasteiger partial charge in [0.25, 0.3) is 0 Å². The summed E-state index contributed by atoms with van der Waals surface area (Å²) in [5.41, 5.74) is 1.20. The molecule has 5 heteroatoms. The molecule has 0 unspecified atom stereocenters. The summed E-state index contributed by atoms with van der Waals surface area (Å²) >= 11 is 1.65. The van der Waals surface area contributed by atoms with E-state index in [0.717, 1.165) is 20.9 Å². The van der Waals surface area contributed by atoms with E-state index in [4.69, 9.17) is 4.74 Å². The Bertz CT molecular complexity index is 613. The van der Waals surface area contributed by atoms with E-state index in [9.17, 15) is 4.79 Å². The lowest BCUT2D eigenvalue weighted by Gasteiger charge is -2.24. The second-order valence-corrected chi connectivity index (χ2v) is 6.66. The third-order valence-electron chi connectivity index (χ3n) is 2.53. The number of carbonyl (C=O) groups is 1. The minimum atomic E-state index is -0.493. The van der Waals surface area contributed by atoms with Crippen molar-refractivity contribution in [3.05, 3.63) is 23.2 Å². The Labute approximate surface area is 117 Å². The first-order valence-corrected chi connectivity index (χ1v) is 6.92. The van der Waals surface area contributed by atoms with E-state index in [0.29, 0.717) is 0 Å². The highest BCUT2D eigenvalue weighted by atomic mass is 32.1. The van der Waals surface area contributed by atoms with Crippen LogP contribution in [-0.4, -0.2) is 23.7 Å². The normalized spacial score (nSPS) is 11.6. The van der Waals surface area contributed by atoms with Gasteiger partial charge in [0.1, 0.15) is 5.60 Å². The number of ether oxygens (including phenoxy) is 1. The van der Waals surface area contributed by atoms with Crippen LogP contribution in [0.4, 0.5) is 10.5 Å². The molecule has 2 rings (SSSR count). The zero-order chi connectivity index (χ0) is 14.2. The lowest BCUT2D eigenvalue weighted by Crippen LogP contribution is -2.34. The summed E-state index contributed by atoms with van der Waals surface area (Å²) in [5.74, 6) is 0. The van der Waals surface area contributed by atoms with Crippen LogP contribution >= 0.6 is 11.3 Å². The van der Waals surface area contributed by atoms with Gasteiger partial charge in [-0.1, -0.05) is 0 Å². The van der Waals surface area contributed by atoms with E-state index >= 15 is 0 Å². The lowest BCUT2D eigenvalue weighted by molar-refractivity contribution is 0.0589. The molecule has 0 N–H and O–H groups in total. The fraction of sp³-hybridized carbons (Fsp3) is 0.429. The van der Waals surface area contributed by atoms with Gasteiger partial charge in [-0.3, -0.25) is 4.90 Å². The number of anilines is 1. The SMILES string of the molecule is Cc1nc2cc(N(C)C(=O)OC(C)(C)C)ccc2s1. The molecule has 102 valence electrons. The lowest BCUT2D eigenvalue weighted by atomic mass is 10.2. The molecule has 0 aliphatic rings. The molecule has 0 atom stereocenters. The predicted molar refractivity (Wildman–Crippen MR) is 79.0 cm³/mol. The first kappa shape index (κ1) is 13.8. The van der Waals surface area contributed by atoms with Gasteiger partial charge in [0.2, 0.25) is 0 Å². The van der Waals surface area contributed by atoms with Crippen LogP contribution in [0.1, 0.15) is 25.8 Å². The molecule has 0 fully saturated rings. The molecule has 0 spiro atoms. The zero-order valence-corrected chi connectivity index (χ0v) is 12.7. The molecule has 1 heterocycles. The standard InChI is InChI=1S/C14H18N2O2S/c1-9-15-11-8-10(6-7-12(11)19-9)16(5)13(17)18-14(2,3)4/h6-8H,1-5H3. The number of amides is 1. The molecule has 0 saturated heterocycles. The average Bonchev–Trinajstić information content (AvgIpc) is 2.64. The van der Waals surface area contributed by atoms with Crippen molar-refractivity contribution in [2.45, 2.75) is 33.3 Å². The first-order valence-electron chi connectivity index (χ1n) is 6.10. The van der Waals surface area contributed by atoms with Crippen LogP contribution in [0.2, 0.25) is 0 Å². The van der Waals surface area contributed by atoms with Gasteiger partial charge in [0, 0.05) is 12.7 Å². The molecule has 0 bridgehead atoms. The fourth-order valence-electron chi connectivity index (χ4n) is 1.68. The van der Waals surface area contributed by atoms with Crippen molar-refractivity contribution in [2.24, 2.45) is 0 Å². The van der Waals surface area contributed by atoms with Crippen LogP contribution in [0, 0.1) is 6.92 Å². The molecule has 2 aromatic rings. The molecule has 1 aromatic heterocycles. The van der Waals surface area contributed by atoms with Crippen LogP contribution < -0.4 is 4.90 Å². The molecule has 1 aromatic carbocycles. The highest BCUT2D eigenvalue weighted by Crippen LogP contribution is 2.26. The average molecular weight is 278 g/mol. The monoisotopic (exact) mass is 278 g/mol. The summed E-state index contributed by atoms with van der Waals surface area (Å²) in [6.45, 7) is 7.53. The predicted octanol–water partition coefficient (Wildman–Crippen LogP) is 3.98. The number of thiazole rings is 1. The molecule has 0 radical (unpaired) electrons. The number of aromatic nitrogens is 1. The van der Waals surface area contributed by atoms with E-state index in [-0.39, 0.29) is 6.09 Å². The zero-order valence-electron chi connectivity index (χ0n) is 11.9. The van der Waals surface area contributed by atoms with Gasteiger partial charge < -0.3 is 4.74 Å². The van der Waals surface area contributed by atoms with Crippen LogP contribution in [-0.2, 0) is 4.74 Å². The molecule has 0 aliphatic carbocycles. The number of hydrogen-bond acceptors (Lipinski definition) is 4. The second-order valence-electron chi connectivity index (χ2n) is 5.42. The van der Waals surface area contributed by atoms with Crippen molar-refractivity contribution in [2.75, 3.05) is 11.9 Å². The molecular formula is C14H18N2O2S. The smallest absolute Gasteiger partial charge is 0.414 e. The number of benzene rings is 1. The number of fused-ring (bicyclic) bond motifs is 1. The molecule has 4 nitrogen and oxygen atoms in total. The van der Waals surface area contributed by atoms with E-state index < -0.39 is 5.60 Å². The maximum Gasteiger partial charge on any atom is 0.414 e. The van der Waals surface area contributed by atoms with Crippen LogP contribution in [0.15, 0.2) is 18.2 Å². The molecule has 19 heavy (non-hydrogen) atoms. The first-order chi connectivity index (χ1) is 8.76. The third-order valence-corrected chi connectivity index (χ3v) is 3.48. The van der Waals surface area contributed by atoms with Crippen molar-refractivity contribution in [1.29, 1.82) is 0 Å². The Morgan fingerprint density at radius 1 is 1.37 bits per heavy atom. The Balaban J connectivity index is 2.25. The maximum absolute atomic E-state index is 12.0. The summed E-state index contributed by atoms with van der Waals surface area (Å²) in [6.07, 6.45) is -0.362. The Kier molecular flexibility index (Phi) is 3.49. The summed E-state index contributed by atoms with van der Waals surface area (Å²) in [4.78, 5) is 17.9. The number of aryl methyl sites for hydroxylation is 1. The molecule has 0 aliphatic heterocycles. The van der Waals surface area contributed by atoms with Gasteiger partial charge in [-0.2, -0.15) is 0 Å². The number of nitrogens with zero attached hydrogens (tertiary/aromatic N) is 2. The van der Waals surface area contributed by atoms with Gasteiger partial charge in [0.15, 0.2) is 0 Å². The molecular weight excluding hydrogens is 260 g/mol. The van der Waals surface area contributed by atoms with Crippen molar-refractivity contribution in [3.63, 3.8) is 0 Å². The highest BCUT2D eigenvalue weighted by molar-refractivity contribution is 7.18. The van der Waals surface area contributed by atoms with Crippen LogP contribution in [0.5, 0.6) is 0 Å². The van der Waals surface area contributed by atoms with E-state index in [1.165, 1.54) is 4.90 Å². The van der Waals surface area contributed by atoms with Crippen molar-refractivity contribution < 1.29 is 9.53 Å². The minimum Gasteiger partial charge on any atom is -0.443 e. The fourth-order valence-corrected chi connectivity index (χ4v) is 2.48. The Hall–Kier alpha value is -1.62. The Morgan fingerprint density at radius 2 is 2.05 bits per heavy atom. The van der Waals surface area contributed by atoms with Gasteiger partial charge in [0.05, 0.1) is 15.2 Å². The molecule has 0 saturated carbocycles.